The molecule has 0 aromatic heterocycles. The Bertz CT molecular complexity index is 932. The van der Waals surface area contributed by atoms with E-state index in [0.29, 0.717) is 18.7 Å². The zero-order chi connectivity index (χ0) is 22.9. The van der Waals surface area contributed by atoms with Crippen molar-refractivity contribution in [2.45, 2.75) is 70.4 Å². The first kappa shape index (κ1) is 22.5. The van der Waals surface area contributed by atoms with Gasteiger partial charge in [0.15, 0.2) is 0 Å². The lowest BCUT2D eigenvalue weighted by Gasteiger charge is -2.42. The molecule has 1 aromatic carbocycles. The predicted molar refractivity (Wildman–Crippen MR) is 122 cm³/mol. The molecule has 7 heteroatoms. The summed E-state index contributed by atoms with van der Waals surface area (Å²) in [7, 11) is 0. The standard InChI is InChI=1S/C25H33N3O4/c1-3-5-20-17(2)22(32-24(26)31)11-10-21(20)27-14-4-12-25(16-27)13-15-28(23(25)30)18-6-8-19(29)9-7-18/h1,10-11,18-19,29H,4-9,12-16H2,2H3,(H2,26,31)/t18?,19?,25-/m1/s1. The zero-order valence-corrected chi connectivity index (χ0v) is 18.8. The average Bonchev–Trinajstić information content (AvgIpc) is 3.07. The number of aliphatic hydroxyl groups excluding tert-OH is 1. The fourth-order valence-corrected chi connectivity index (χ4v) is 5.84. The van der Waals surface area contributed by atoms with Gasteiger partial charge in [-0.3, -0.25) is 4.79 Å². The highest BCUT2D eigenvalue weighted by atomic mass is 16.5. The fraction of sp³-hybridized carbons (Fsp3) is 0.600. The molecule has 32 heavy (non-hydrogen) atoms. The molecule has 0 radical (unpaired) electrons. The van der Waals surface area contributed by atoms with Crippen LogP contribution < -0.4 is 15.4 Å². The molecule has 3 fully saturated rings. The topological polar surface area (TPSA) is 96.1 Å². The molecule has 1 saturated carbocycles. The molecule has 3 aliphatic rings. The fourth-order valence-electron chi connectivity index (χ4n) is 5.84. The SMILES string of the molecule is C#CCc1c(N2CCC[C@@]3(CCN(C4CCC(O)CC4)C3=O)C2)ccc(OC(N)=O)c1C. The molecule has 4 rings (SSSR count). The number of hydrogen-bond acceptors (Lipinski definition) is 5. The molecule has 0 bridgehead atoms. The van der Waals surface area contributed by atoms with Crippen LogP contribution >= 0.6 is 0 Å². The van der Waals surface area contributed by atoms with Gasteiger partial charge in [-0.05, 0) is 75.1 Å². The molecule has 2 heterocycles. The van der Waals surface area contributed by atoms with Crippen LogP contribution in [0, 0.1) is 24.7 Å². The second-order valence-corrected chi connectivity index (χ2v) is 9.50. The van der Waals surface area contributed by atoms with E-state index in [9.17, 15) is 14.7 Å². The Morgan fingerprint density at radius 3 is 2.72 bits per heavy atom. The molecule has 1 spiro atoms. The van der Waals surface area contributed by atoms with Gasteiger partial charge < -0.3 is 25.4 Å². The van der Waals surface area contributed by atoms with Crippen molar-refractivity contribution in [3.8, 4) is 18.1 Å². The van der Waals surface area contributed by atoms with Crippen LogP contribution in [0.1, 0.15) is 56.1 Å². The molecule has 7 nitrogen and oxygen atoms in total. The molecule has 1 aromatic rings. The summed E-state index contributed by atoms with van der Waals surface area (Å²) in [5, 5.41) is 9.84. The lowest BCUT2D eigenvalue weighted by atomic mass is 9.78. The third kappa shape index (κ3) is 4.16. The lowest BCUT2D eigenvalue weighted by molar-refractivity contribution is -0.139. The van der Waals surface area contributed by atoms with Gasteiger partial charge in [-0.1, -0.05) is 0 Å². The third-order valence-corrected chi connectivity index (χ3v) is 7.58. The van der Waals surface area contributed by atoms with Crippen molar-refractivity contribution in [3.05, 3.63) is 23.3 Å². The highest BCUT2D eigenvalue weighted by molar-refractivity contribution is 5.86. The van der Waals surface area contributed by atoms with E-state index in [1.54, 1.807) is 6.07 Å². The van der Waals surface area contributed by atoms with E-state index in [4.69, 9.17) is 16.9 Å². The Morgan fingerprint density at radius 2 is 2.03 bits per heavy atom. The quantitative estimate of drug-likeness (QED) is 0.704. The molecular formula is C25H33N3O4. The second kappa shape index (κ2) is 9.03. The van der Waals surface area contributed by atoms with Crippen LogP contribution in [0.4, 0.5) is 10.5 Å². The minimum Gasteiger partial charge on any atom is -0.410 e. The minimum atomic E-state index is -0.851. The van der Waals surface area contributed by atoms with Crippen molar-refractivity contribution in [2.24, 2.45) is 11.1 Å². The number of carbonyl (C=O) groups is 2. The van der Waals surface area contributed by atoms with E-state index < -0.39 is 6.09 Å². The van der Waals surface area contributed by atoms with Crippen LogP contribution in [0.2, 0.25) is 0 Å². The van der Waals surface area contributed by atoms with Crippen molar-refractivity contribution in [1.82, 2.24) is 4.90 Å². The summed E-state index contributed by atoms with van der Waals surface area (Å²) in [5.41, 5.74) is 7.59. The lowest BCUT2D eigenvalue weighted by Crippen LogP contribution is -2.50. The molecule has 172 valence electrons. The maximum absolute atomic E-state index is 13.6. The van der Waals surface area contributed by atoms with E-state index in [2.05, 4.69) is 15.7 Å². The van der Waals surface area contributed by atoms with E-state index in [1.165, 1.54) is 0 Å². The monoisotopic (exact) mass is 439 g/mol. The van der Waals surface area contributed by atoms with E-state index >= 15 is 0 Å². The van der Waals surface area contributed by atoms with Gasteiger partial charge in [0.1, 0.15) is 5.75 Å². The largest absolute Gasteiger partial charge is 0.410 e. The second-order valence-electron chi connectivity index (χ2n) is 9.50. The number of rotatable bonds is 4. The molecule has 2 amide bonds. The number of hydrogen-bond donors (Lipinski definition) is 2. The van der Waals surface area contributed by atoms with E-state index in [-0.39, 0.29) is 23.5 Å². The molecule has 1 atom stereocenters. The maximum Gasteiger partial charge on any atom is 0.409 e. The summed E-state index contributed by atoms with van der Waals surface area (Å²) in [6.45, 7) is 4.21. The van der Waals surface area contributed by atoms with E-state index in [1.807, 2.05) is 13.0 Å². The maximum atomic E-state index is 13.6. The smallest absolute Gasteiger partial charge is 0.409 e. The van der Waals surface area contributed by atoms with Gasteiger partial charge in [-0.15, -0.1) is 12.3 Å². The van der Waals surface area contributed by atoms with Gasteiger partial charge in [0.2, 0.25) is 5.91 Å². The summed E-state index contributed by atoms with van der Waals surface area (Å²) >= 11 is 0. The highest BCUT2D eigenvalue weighted by Crippen LogP contribution is 2.44. The van der Waals surface area contributed by atoms with Crippen molar-refractivity contribution in [3.63, 3.8) is 0 Å². The Balaban J connectivity index is 1.57. The van der Waals surface area contributed by atoms with Gasteiger partial charge in [-0.2, -0.15) is 0 Å². The number of piperidine rings is 1. The Hall–Kier alpha value is -2.72. The van der Waals surface area contributed by atoms with Crippen LogP contribution in [0.15, 0.2) is 12.1 Å². The average molecular weight is 440 g/mol. The molecule has 3 N–H and O–H groups in total. The van der Waals surface area contributed by atoms with Gasteiger partial charge in [0, 0.05) is 37.8 Å². The van der Waals surface area contributed by atoms with Crippen molar-refractivity contribution >= 4 is 17.7 Å². The summed E-state index contributed by atoms with van der Waals surface area (Å²) in [5.74, 6) is 3.40. The first-order valence-corrected chi connectivity index (χ1v) is 11.6. The predicted octanol–water partition coefficient (Wildman–Crippen LogP) is 2.75. The number of anilines is 1. The van der Waals surface area contributed by atoms with Gasteiger partial charge >= 0.3 is 6.09 Å². The molecule has 0 unspecified atom stereocenters. The summed E-state index contributed by atoms with van der Waals surface area (Å²) in [6, 6.07) is 3.94. The first-order chi connectivity index (χ1) is 15.3. The minimum absolute atomic E-state index is 0.220. The summed E-state index contributed by atoms with van der Waals surface area (Å²) in [6.07, 6.45) is 11.0. The molecule has 1 aliphatic carbocycles. The Morgan fingerprint density at radius 1 is 1.28 bits per heavy atom. The molecule has 2 aliphatic heterocycles. The van der Waals surface area contributed by atoms with Gasteiger partial charge in [0.25, 0.3) is 0 Å². The normalized spacial score (nSPS) is 28.1. The van der Waals surface area contributed by atoms with Crippen molar-refractivity contribution in [1.29, 1.82) is 0 Å². The van der Waals surface area contributed by atoms with Gasteiger partial charge in [0.05, 0.1) is 11.5 Å². The number of nitrogens with two attached hydrogens (primary N) is 1. The molecular weight excluding hydrogens is 406 g/mol. The van der Waals surface area contributed by atoms with Gasteiger partial charge in [-0.25, -0.2) is 4.79 Å². The first-order valence-electron chi connectivity index (χ1n) is 11.6. The number of amides is 2. The van der Waals surface area contributed by atoms with Crippen LogP contribution in [0.25, 0.3) is 0 Å². The highest BCUT2D eigenvalue weighted by Gasteiger charge is 2.50. The number of likely N-dealkylation sites (tertiary alicyclic amines) is 1. The van der Waals surface area contributed by atoms with Crippen LogP contribution in [0.3, 0.4) is 0 Å². The Labute approximate surface area is 189 Å². The van der Waals surface area contributed by atoms with Crippen LogP contribution in [0.5, 0.6) is 5.75 Å². The number of aliphatic hydroxyl groups is 1. The number of primary amides is 1. The third-order valence-electron chi connectivity index (χ3n) is 7.58. The van der Waals surface area contributed by atoms with Crippen molar-refractivity contribution in [2.75, 3.05) is 24.5 Å². The number of carbonyl (C=O) groups excluding carboxylic acids is 2. The number of terminal acetylenes is 1. The van der Waals surface area contributed by atoms with Crippen molar-refractivity contribution < 1.29 is 19.4 Å². The number of nitrogens with zero attached hydrogens (tertiary/aromatic N) is 2. The summed E-state index contributed by atoms with van der Waals surface area (Å²) in [4.78, 5) is 29.3. The summed E-state index contributed by atoms with van der Waals surface area (Å²) < 4.78 is 5.15. The zero-order valence-electron chi connectivity index (χ0n) is 18.8. The Kier molecular flexibility index (Phi) is 6.34. The molecule has 2 saturated heterocycles. The van der Waals surface area contributed by atoms with E-state index in [0.717, 1.165) is 74.8 Å². The number of ether oxygens (including phenoxy) is 1. The van der Waals surface area contributed by atoms with Crippen LogP contribution in [-0.2, 0) is 11.2 Å². The van der Waals surface area contributed by atoms with Crippen LogP contribution in [-0.4, -0.2) is 53.8 Å². The number of benzene rings is 1.